The Labute approximate surface area is 123 Å². The van der Waals surface area contributed by atoms with Crippen LogP contribution < -0.4 is 4.90 Å². The molecule has 1 amide bonds. The van der Waals surface area contributed by atoms with Crippen LogP contribution in [0, 0.1) is 0 Å². The first kappa shape index (κ1) is 12.9. The predicted molar refractivity (Wildman–Crippen MR) is 80.5 cm³/mol. The van der Waals surface area contributed by atoms with Crippen LogP contribution in [0.5, 0.6) is 0 Å². The summed E-state index contributed by atoms with van der Waals surface area (Å²) in [6.45, 7) is 0.942. The van der Waals surface area contributed by atoms with E-state index in [2.05, 4.69) is 4.90 Å². The Kier molecular flexibility index (Phi) is 3.46. The highest BCUT2D eigenvalue weighted by Gasteiger charge is 2.38. The van der Waals surface area contributed by atoms with Gasteiger partial charge in [-0.2, -0.15) is 0 Å². The monoisotopic (exact) mass is 294 g/mol. The summed E-state index contributed by atoms with van der Waals surface area (Å²) in [5.74, 6) is 0.0567. The first-order valence-corrected chi connectivity index (χ1v) is 7.35. The van der Waals surface area contributed by atoms with Crippen molar-refractivity contribution in [3.8, 4) is 0 Å². The van der Waals surface area contributed by atoms with Gasteiger partial charge in [-0.3, -0.25) is 9.69 Å². The minimum atomic E-state index is 0.0567. The molecule has 0 aromatic heterocycles. The van der Waals surface area contributed by atoms with Gasteiger partial charge in [0.1, 0.15) is 0 Å². The predicted octanol–water partition coefficient (Wildman–Crippen LogP) is 3.22. The number of halogens is 1. The third-order valence-corrected chi connectivity index (χ3v) is 4.55. The highest BCUT2D eigenvalue weighted by atomic mass is 35.5. The maximum Gasteiger partial charge on any atom is 0.235 e. The van der Waals surface area contributed by atoms with Crippen LogP contribution in [-0.2, 0) is 4.79 Å². The van der Waals surface area contributed by atoms with Crippen molar-refractivity contribution in [3.05, 3.63) is 29.3 Å². The number of rotatable bonds is 1. The van der Waals surface area contributed by atoms with Crippen molar-refractivity contribution in [3.63, 3.8) is 0 Å². The molecule has 0 aliphatic carbocycles. The van der Waals surface area contributed by atoms with E-state index in [-0.39, 0.29) is 11.9 Å². The summed E-state index contributed by atoms with van der Waals surface area (Å²) in [7, 11) is 0. The molecule has 0 spiro atoms. The molecule has 5 heteroatoms. The average Bonchev–Trinajstić information content (AvgIpc) is 2.41. The molecule has 100 valence electrons. The number of carbonyl (C=O) groups is 1. The minimum absolute atomic E-state index is 0.0567. The summed E-state index contributed by atoms with van der Waals surface area (Å²) < 4.78 is 0. The largest absolute Gasteiger partial charge is 0.345 e. The lowest BCUT2D eigenvalue weighted by atomic mass is 9.97. The summed E-state index contributed by atoms with van der Waals surface area (Å²) >= 11 is 11.7. The van der Waals surface area contributed by atoms with Crippen LogP contribution in [0.3, 0.4) is 0 Å². The second-order valence-corrected chi connectivity index (χ2v) is 5.78. The molecule has 1 atom stereocenters. The number of amides is 1. The molecule has 2 aliphatic heterocycles. The lowest BCUT2D eigenvalue weighted by molar-refractivity contribution is -0.120. The van der Waals surface area contributed by atoms with Gasteiger partial charge >= 0.3 is 0 Å². The number of anilines is 1. The zero-order valence-electron chi connectivity index (χ0n) is 10.5. The zero-order chi connectivity index (χ0) is 13.4. The first-order valence-electron chi connectivity index (χ1n) is 6.56. The standard InChI is InChI=1S/C14H15ClN2OS/c15-11-6-1-2-7-12(11)17-13(18)9-10-5-3-4-8-16(10)14(17)19/h1-2,6-7,10H,3-5,8-9H2. The molecule has 0 radical (unpaired) electrons. The van der Waals surface area contributed by atoms with Crippen LogP contribution in [0.25, 0.3) is 0 Å². The molecule has 2 aliphatic rings. The van der Waals surface area contributed by atoms with Crippen molar-refractivity contribution in [2.45, 2.75) is 31.7 Å². The number of hydrogen-bond acceptors (Lipinski definition) is 2. The van der Waals surface area contributed by atoms with E-state index in [1.165, 1.54) is 6.42 Å². The van der Waals surface area contributed by atoms with Crippen LogP contribution in [0.2, 0.25) is 5.02 Å². The third-order valence-electron chi connectivity index (χ3n) is 3.82. The number of fused-ring (bicyclic) bond motifs is 1. The summed E-state index contributed by atoms with van der Waals surface area (Å²) in [5.41, 5.74) is 0.697. The second-order valence-electron chi connectivity index (χ2n) is 5.01. The van der Waals surface area contributed by atoms with E-state index in [1.54, 1.807) is 11.0 Å². The lowest BCUT2D eigenvalue weighted by Crippen LogP contribution is -2.58. The third kappa shape index (κ3) is 2.23. The van der Waals surface area contributed by atoms with Crippen LogP contribution in [-0.4, -0.2) is 28.5 Å². The maximum absolute atomic E-state index is 12.4. The van der Waals surface area contributed by atoms with Crippen LogP contribution in [0.4, 0.5) is 5.69 Å². The molecule has 2 saturated heterocycles. The van der Waals surface area contributed by atoms with E-state index < -0.39 is 0 Å². The van der Waals surface area contributed by atoms with Crippen molar-refractivity contribution in [2.24, 2.45) is 0 Å². The Bertz CT molecular complexity index is 534. The molecule has 0 bridgehead atoms. The SMILES string of the molecule is O=C1CC2CCCCN2C(=S)N1c1ccccc1Cl. The molecule has 19 heavy (non-hydrogen) atoms. The average molecular weight is 295 g/mol. The van der Waals surface area contributed by atoms with Gasteiger partial charge < -0.3 is 4.90 Å². The fourth-order valence-electron chi connectivity index (χ4n) is 2.86. The van der Waals surface area contributed by atoms with E-state index in [0.717, 1.165) is 19.4 Å². The fourth-order valence-corrected chi connectivity index (χ4v) is 3.52. The highest BCUT2D eigenvalue weighted by molar-refractivity contribution is 7.80. The van der Waals surface area contributed by atoms with E-state index in [0.29, 0.717) is 22.2 Å². The fraction of sp³-hybridized carbons (Fsp3) is 0.429. The maximum atomic E-state index is 12.4. The van der Waals surface area contributed by atoms with Crippen LogP contribution in [0.15, 0.2) is 24.3 Å². The van der Waals surface area contributed by atoms with E-state index in [1.807, 2.05) is 18.2 Å². The van der Waals surface area contributed by atoms with Gasteiger partial charge in [0.05, 0.1) is 10.7 Å². The molecular formula is C14H15ClN2OS. The van der Waals surface area contributed by atoms with Gasteiger partial charge in [-0.25, -0.2) is 0 Å². The van der Waals surface area contributed by atoms with Crippen LogP contribution in [0.1, 0.15) is 25.7 Å². The van der Waals surface area contributed by atoms with E-state index in [9.17, 15) is 4.79 Å². The molecule has 0 N–H and O–H groups in total. The number of benzene rings is 1. The lowest BCUT2D eigenvalue weighted by Gasteiger charge is -2.45. The number of carbonyl (C=O) groups excluding carboxylic acids is 1. The van der Waals surface area contributed by atoms with Gasteiger partial charge in [0.15, 0.2) is 5.11 Å². The van der Waals surface area contributed by atoms with Crippen molar-refractivity contribution >= 4 is 40.5 Å². The normalized spacial score (nSPS) is 23.5. The molecule has 1 unspecified atom stereocenters. The second kappa shape index (κ2) is 5.10. The number of hydrogen-bond donors (Lipinski definition) is 0. The quantitative estimate of drug-likeness (QED) is 0.743. The molecule has 1 aromatic rings. The molecule has 0 saturated carbocycles. The van der Waals surface area contributed by atoms with Crippen molar-refractivity contribution < 1.29 is 4.79 Å². The summed E-state index contributed by atoms with van der Waals surface area (Å²) in [6, 6.07) is 7.64. The highest BCUT2D eigenvalue weighted by Crippen LogP contribution is 2.33. The number of piperidine rings is 1. The van der Waals surface area contributed by atoms with E-state index in [4.69, 9.17) is 23.8 Å². The Morgan fingerprint density at radius 1 is 1.26 bits per heavy atom. The molecule has 3 nitrogen and oxygen atoms in total. The Morgan fingerprint density at radius 3 is 2.84 bits per heavy atom. The Hall–Kier alpha value is -1.13. The Morgan fingerprint density at radius 2 is 2.05 bits per heavy atom. The number of para-hydroxylation sites is 1. The van der Waals surface area contributed by atoms with Gasteiger partial charge in [0.2, 0.25) is 5.91 Å². The number of thiocarbonyl (C=S) groups is 1. The Balaban J connectivity index is 1.95. The van der Waals surface area contributed by atoms with Gasteiger partial charge in [0.25, 0.3) is 0 Å². The molecule has 1 aromatic carbocycles. The summed E-state index contributed by atoms with van der Waals surface area (Å²) in [4.78, 5) is 16.1. The minimum Gasteiger partial charge on any atom is -0.345 e. The van der Waals surface area contributed by atoms with Gasteiger partial charge in [-0.1, -0.05) is 23.7 Å². The van der Waals surface area contributed by atoms with Gasteiger partial charge in [-0.05, 0) is 43.6 Å². The summed E-state index contributed by atoms with van der Waals surface area (Å²) in [5, 5.41) is 1.17. The molecule has 2 fully saturated rings. The van der Waals surface area contributed by atoms with Gasteiger partial charge in [-0.15, -0.1) is 0 Å². The van der Waals surface area contributed by atoms with Crippen molar-refractivity contribution in [1.29, 1.82) is 0 Å². The molecule has 3 rings (SSSR count). The molecule has 2 heterocycles. The van der Waals surface area contributed by atoms with E-state index >= 15 is 0 Å². The van der Waals surface area contributed by atoms with Crippen LogP contribution >= 0.6 is 23.8 Å². The number of nitrogens with zero attached hydrogens (tertiary/aromatic N) is 2. The van der Waals surface area contributed by atoms with Gasteiger partial charge in [0, 0.05) is 19.0 Å². The van der Waals surface area contributed by atoms with Crippen molar-refractivity contribution in [1.82, 2.24) is 4.90 Å². The molecular weight excluding hydrogens is 280 g/mol. The smallest absolute Gasteiger partial charge is 0.235 e. The first-order chi connectivity index (χ1) is 9.18. The van der Waals surface area contributed by atoms with Crippen molar-refractivity contribution in [2.75, 3.05) is 11.4 Å². The summed E-state index contributed by atoms with van der Waals surface area (Å²) in [6.07, 6.45) is 3.91. The topological polar surface area (TPSA) is 23.6 Å². The zero-order valence-corrected chi connectivity index (χ0v) is 12.1.